The summed E-state index contributed by atoms with van der Waals surface area (Å²) in [5.41, 5.74) is 12.0. The van der Waals surface area contributed by atoms with E-state index in [-0.39, 0.29) is 6.04 Å². The first-order valence-corrected chi connectivity index (χ1v) is 5.43. The van der Waals surface area contributed by atoms with E-state index in [4.69, 9.17) is 11.5 Å². The predicted molar refractivity (Wildman–Crippen MR) is 62.8 cm³/mol. The Hall–Kier alpha value is -1.55. The van der Waals surface area contributed by atoms with Crippen molar-refractivity contribution >= 4 is 6.09 Å². The van der Waals surface area contributed by atoms with E-state index in [1.54, 1.807) is 0 Å². The van der Waals surface area contributed by atoms with Crippen LogP contribution >= 0.6 is 0 Å². The molecular weight excluding hydrogens is 204 g/mol. The Morgan fingerprint density at radius 3 is 2.56 bits per heavy atom. The van der Waals surface area contributed by atoms with Crippen LogP contribution in [0.25, 0.3) is 0 Å². The third-order valence-corrected chi connectivity index (χ3v) is 2.38. The monoisotopic (exact) mass is 222 g/mol. The summed E-state index contributed by atoms with van der Waals surface area (Å²) in [6.45, 7) is 0.372. The summed E-state index contributed by atoms with van der Waals surface area (Å²) >= 11 is 0. The second kappa shape index (κ2) is 6.85. The number of rotatable bonds is 6. The molecule has 0 aliphatic carbocycles. The molecule has 0 aromatic heterocycles. The van der Waals surface area contributed by atoms with E-state index in [1.165, 1.54) is 0 Å². The molecule has 4 nitrogen and oxygen atoms in total. The minimum atomic E-state index is -0.715. The number of unbranched alkanes of at least 4 members (excludes halogenated alkanes) is 1. The van der Waals surface area contributed by atoms with Gasteiger partial charge < -0.3 is 16.2 Å². The van der Waals surface area contributed by atoms with Gasteiger partial charge in [-0.2, -0.15) is 0 Å². The van der Waals surface area contributed by atoms with Crippen LogP contribution in [0.3, 0.4) is 0 Å². The van der Waals surface area contributed by atoms with Crippen molar-refractivity contribution < 1.29 is 9.53 Å². The lowest BCUT2D eigenvalue weighted by Gasteiger charge is -2.11. The van der Waals surface area contributed by atoms with Crippen molar-refractivity contribution in [2.45, 2.75) is 25.3 Å². The minimum absolute atomic E-state index is 0.0507. The van der Waals surface area contributed by atoms with E-state index in [0.29, 0.717) is 6.61 Å². The molecule has 1 aromatic carbocycles. The third kappa shape index (κ3) is 4.79. The Labute approximate surface area is 95.6 Å². The van der Waals surface area contributed by atoms with Crippen molar-refractivity contribution in [3.63, 3.8) is 0 Å². The summed E-state index contributed by atoms with van der Waals surface area (Å²) in [5.74, 6) is 0. The first kappa shape index (κ1) is 12.5. The molecule has 0 radical (unpaired) electrons. The average molecular weight is 222 g/mol. The zero-order valence-corrected chi connectivity index (χ0v) is 9.26. The fourth-order valence-corrected chi connectivity index (χ4v) is 1.51. The topological polar surface area (TPSA) is 78.3 Å². The molecule has 1 amide bonds. The molecule has 88 valence electrons. The Kier molecular flexibility index (Phi) is 5.36. The number of ether oxygens (including phenoxy) is 1. The maximum absolute atomic E-state index is 10.3. The lowest BCUT2D eigenvalue weighted by molar-refractivity contribution is 0.154. The van der Waals surface area contributed by atoms with E-state index in [1.807, 2.05) is 30.3 Å². The van der Waals surface area contributed by atoms with E-state index in [2.05, 4.69) is 4.74 Å². The molecule has 0 bridgehead atoms. The van der Waals surface area contributed by atoms with Crippen molar-refractivity contribution in [3.05, 3.63) is 35.9 Å². The van der Waals surface area contributed by atoms with Crippen LogP contribution in [-0.4, -0.2) is 12.7 Å². The van der Waals surface area contributed by atoms with Gasteiger partial charge in [0.2, 0.25) is 0 Å². The Morgan fingerprint density at radius 1 is 1.25 bits per heavy atom. The van der Waals surface area contributed by atoms with Gasteiger partial charge in [-0.3, -0.25) is 0 Å². The summed E-state index contributed by atoms with van der Waals surface area (Å²) in [5, 5.41) is 0. The van der Waals surface area contributed by atoms with Gasteiger partial charge in [0.05, 0.1) is 6.61 Å². The van der Waals surface area contributed by atoms with Gasteiger partial charge in [0.25, 0.3) is 0 Å². The first-order valence-electron chi connectivity index (χ1n) is 5.43. The van der Waals surface area contributed by atoms with E-state index in [9.17, 15) is 4.79 Å². The van der Waals surface area contributed by atoms with Crippen LogP contribution < -0.4 is 11.5 Å². The summed E-state index contributed by atoms with van der Waals surface area (Å²) in [6, 6.07) is 10.0. The van der Waals surface area contributed by atoms with Crippen molar-refractivity contribution in [2.24, 2.45) is 11.5 Å². The highest BCUT2D eigenvalue weighted by Crippen LogP contribution is 2.15. The zero-order valence-electron chi connectivity index (χ0n) is 9.26. The van der Waals surface area contributed by atoms with Crippen molar-refractivity contribution in [1.82, 2.24) is 0 Å². The number of amides is 1. The quantitative estimate of drug-likeness (QED) is 0.722. The lowest BCUT2D eigenvalue weighted by Crippen LogP contribution is -2.14. The van der Waals surface area contributed by atoms with E-state index >= 15 is 0 Å². The maximum Gasteiger partial charge on any atom is 0.404 e. The van der Waals surface area contributed by atoms with Crippen molar-refractivity contribution in [3.8, 4) is 0 Å². The molecule has 0 saturated carbocycles. The highest BCUT2D eigenvalue weighted by atomic mass is 16.5. The summed E-state index contributed by atoms with van der Waals surface area (Å²) in [7, 11) is 0. The summed E-state index contributed by atoms with van der Waals surface area (Å²) in [4.78, 5) is 10.3. The van der Waals surface area contributed by atoms with Gasteiger partial charge in [-0.05, 0) is 24.8 Å². The van der Waals surface area contributed by atoms with Gasteiger partial charge >= 0.3 is 6.09 Å². The molecule has 1 atom stereocenters. The molecule has 16 heavy (non-hydrogen) atoms. The first-order chi connectivity index (χ1) is 7.70. The molecule has 1 rings (SSSR count). The van der Waals surface area contributed by atoms with Gasteiger partial charge in [-0.1, -0.05) is 30.3 Å². The molecule has 4 N–H and O–H groups in total. The van der Waals surface area contributed by atoms with Gasteiger partial charge in [0.15, 0.2) is 0 Å². The van der Waals surface area contributed by atoms with Crippen molar-refractivity contribution in [1.29, 1.82) is 0 Å². The van der Waals surface area contributed by atoms with Crippen LogP contribution in [-0.2, 0) is 4.74 Å². The average Bonchev–Trinajstić information content (AvgIpc) is 2.29. The molecule has 0 saturated heterocycles. The molecule has 4 heteroatoms. The van der Waals surface area contributed by atoms with Gasteiger partial charge in [0, 0.05) is 6.04 Å². The minimum Gasteiger partial charge on any atom is -0.450 e. The van der Waals surface area contributed by atoms with Crippen molar-refractivity contribution in [2.75, 3.05) is 6.61 Å². The largest absolute Gasteiger partial charge is 0.450 e. The highest BCUT2D eigenvalue weighted by Gasteiger charge is 2.04. The molecule has 0 heterocycles. The van der Waals surface area contributed by atoms with Crippen LogP contribution in [0, 0.1) is 0 Å². The normalized spacial score (nSPS) is 12.1. The Bertz CT molecular complexity index is 314. The third-order valence-electron chi connectivity index (χ3n) is 2.38. The molecule has 0 fully saturated rings. The summed E-state index contributed by atoms with van der Waals surface area (Å²) in [6.07, 6.45) is 1.88. The standard InChI is InChI=1S/C12H18N2O2/c13-11(10-6-2-1-3-7-10)8-4-5-9-16-12(14)15/h1-3,6-7,11H,4-5,8-9,13H2,(H2,14,15). The van der Waals surface area contributed by atoms with Crippen LogP contribution in [0.5, 0.6) is 0 Å². The van der Waals surface area contributed by atoms with Gasteiger partial charge in [0.1, 0.15) is 0 Å². The van der Waals surface area contributed by atoms with Gasteiger partial charge in [-0.15, -0.1) is 0 Å². The number of nitrogens with two attached hydrogens (primary N) is 2. The van der Waals surface area contributed by atoms with Crippen LogP contribution in [0.1, 0.15) is 30.9 Å². The number of primary amides is 1. The number of benzene rings is 1. The second-order valence-electron chi connectivity index (χ2n) is 3.68. The molecule has 1 aromatic rings. The number of carbonyl (C=O) groups is 1. The van der Waals surface area contributed by atoms with Crippen LogP contribution in [0.15, 0.2) is 30.3 Å². The molecule has 0 spiro atoms. The molecule has 0 aliphatic heterocycles. The van der Waals surface area contributed by atoms with E-state index in [0.717, 1.165) is 24.8 Å². The fourth-order valence-electron chi connectivity index (χ4n) is 1.51. The highest BCUT2D eigenvalue weighted by molar-refractivity contribution is 5.64. The van der Waals surface area contributed by atoms with E-state index < -0.39 is 6.09 Å². The maximum atomic E-state index is 10.3. The molecule has 0 aliphatic rings. The molecule has 1 unspecified atom stereocenters. The number of hydrogen-bond donors (Lipinski definition) is 2. The molecular formula is C12H18N2O2. The smallest absolute Gasteiger partial charge is 0.404 e. The Balaban J connectivity index is 2.16. The van der Waals surface area contributed by atoms with Gasteiger partial charge in [-0.25, -0.2) is 4.79 Å². The predicted octanol–water partition coefficient (Wildman–Crippen LogP) is 1.95. The zero-order chi connectivity index (χ0) is 11.8. The SMILES string of the molecule is NC(=O)OCCCCC(N)c1ccccc1. The van der Waals surface area contributed by atoms with Crippen LogP contribution in [0.2, 0.25) is 0 Å². The van der Waals surface area contributed by atoms with Crippen LogP contribution in [0.4, 0.5) is 4.79 Å². The number of carbonyl (C=O) groups excluding carboxylic acids is 1. The number of hydrogen-bond acceptors (Lipinski definition) is 3. The second-order valence-corrected chi connectivity index (χ2v) is 3.68. The fraction of sp³-hybridized carbons (Fsp3) is 0.417. The summed E-state index contributed by atoms with van der Waals surface area (Å²) < 4.78 is 4.63. The lowest BCUT2D eigenvalue weighted by atomic mass is 10.0. The Morgan fingerprint density at radius 2 is 1.94 bits per heavy atom.